The minimum atomic E-state index is -0.420. The number of allylic oxidation sites excluding steroid dienone is 1. The quantitative estimate of drug-likeness (QED) is 0.105. The van der Waals surface area contributed by atoms with E-state index in [4.69, 9.17) is 4.74 Å². The van der Waals surface area contributed by atoms with Crippen LogP contribution in [0.1, 0.15) is 115 Å². The Morgan fingerprint density at radius 2 is 1.69 bits per heavy atom. The summed E-state index contributed by atoms with van der Waals surface area (Å²) in [7, 11) is 1.39. The number of carbonyl (C=O) groups excluding carboxylic acids is 2. The summed E-state index contributed by atoms with van der Waals surface area (Å²) in [5.74, 6) is 2.08. The first-order valence-electron chi connectivity index (χ1n) is 21.9. The van der Waals surface area contributed by atoms with Gasteiger partial charge in [-0.25, -0.2) is 9.48 Å². The highest BCUT2D eigenvalue weighted by Crippen LogP contribution is 2.77. The maximum Gasteiger partial charge on any atom is 0.335 e. The van der Waals surface area contributed by atoms with Crippen LogP contribution in [0.3, 0.4) is 0 Å². The molecule has 58 heavy (non-hydrogen) atoms. The first-order chi connectivity index (χ1) is 27.7. The van der Waals surface area contributed by atoms with Crippen molar-refractivity contribution in [3.63, 3.8) is 0 Å². The van der Waals surface area contributed by atoms with Crippen molar-refractivity contribution in [2.45, 2.75) is 118 Å². The van der Waals surface area contributed by atoms with Crippen LogP contribution in [-0.2, 0) is 39.3 Å². The Balaban J connectivity index is 0.969. The maximum absolute atomic E-state index is 14.8. The van der Waals surface area contributed by atoms with Crippen molar-refractivity contribution in [2.24, 2.45) is 51.2 Å². The number of benzene rings is 2. The lowest BCUT2D eigenvalue weighted by atomic mass is 9.32. The summed E-state index contributed by atoms with van der Waals surface area (Å²) in [5, 5.41) is 13.5. The highest BCUT2D eigenvalue weighted by atomic mass is 16.5. The zero-order chi connectivity index (χ0) is 40.8. The summed E-state index contributed by atoms with van der Waals surface area (Å²) in [5.41, 5.74) is 7.76. The predicted octanol–water partition coefficient (Wildman–Crippen LogP) is 10.0. The third kappa shape index (κ3) is 5.66. The molecule has 0 radical (unpaired) electrons. The second-order valence-electron chi connectivity index (χ2n) is 20.4. The van der Waals surface area contributed by atoms with Gasteiger partial charge in [-0.1, -0.05) is 101 Å². The number of rotatable bonds is 8. The molecule has 5 aliphatic rings. The van der Waals surface area contributed by atoms with Crippen LogP contribution in [-0.4, -0.2) is 39.0 Å². The summed E-state index contributed by atoms with van der Waals surface area (Å²) in [6.45, 7) is 20.4. The van der Waals surface area contributed by atoms with Crippen LogP contribution in [0.25, 0.3) is 17.0 Å². The average molecular weight is 782 g/mol. The SMILES string of the molecule is C=C(C)[C@@H]1CC[C@]2(C(=O)NCc3cn(C/C(=C\c4ccccc4)C(=O)OC)nn3)CC[C@]3(C)[C@H](CC[C@@H]4[C@@]5(C)Cc6c([nH]c7ccccc67)C(C)(C)[C@@H]5CC[C@]43C)[C@@H]12. The van der Waals surface area contributed by atoms with E-state index >= 15 is 0 Å². The largest absolute Gasteiger partial charge is 0.466 e. The smallest absolute Gasteiger partial charge is 0.335 e. The minimum absolute atomic E-state index is 0.0740. The van der Waals surface area contributed by atoms with Crippen LogP contribution >= 0.6 is 0 Å². The summed E-state index contributed by atoms with van der Waals surface area (Å²) < 4.78 is 6.73. The molecule has 4 aromatic rings. The van der Waals surface area contributed by atoms with Crippen molar-refractivity contribution < 1.29 is 14.3 Å². The topological polar surface area (TPSA) is 102 Å². The van der Waals surface area contributed by atoms with Gasteiger partial charge in [0.05, 0.1) is 37.4 Å². The molecule has 9 atom stereocenters. The lowest BCUT2D eigenvalue weighted by Gasteiger charge is -2.72. The van der Waals surface area contributed by atoms with E-state index in [-0.39, 0.29) is 40.0 Å². The van der Waals surface area contributed by atoms with Gasteiger partial charge in [0.1, 0.15) is 5.69 Å². The molecular weight excluding hydrogens is 719 g/mol. The molecule has 2 aromatic heterocycles. The summed E-state index contributed by atoms with van der Waals surface area (Å²) >= 11 is 0. The van der Waals surface area contributed by atoms with Gasteiger partial charge in [-0.3, -0.25) is 4.79 Å². The van der Waals surface area contributed by atoms with Crippen LogP contribution in [0.4, 0.5) is 0 Å². The molecule has 2 N–H and O–H groups in total. The molecule has 2 aromatic carbocycles. The predicted molar refractivity (Wildman–Crippen MR) is 229 cm³/mol. The number of ether oxygens (including phenoxy) is 1. The van der Waals surface area contributed by atoms with Crippen molar-refractivity contribution in [3.8, 4) is 0 Å². The number of nitrogens with zero attached hydrogens (tertiary/aromatic N) is 3. The number of esters is 1. The molecule has 0 spiro atoms. The number of hydrogen-bond acceptors (Lipinski definition) is 5. The van der Waals surface area contributed by atoms with Crippen LogP contribution in [0, 0.1) is 51.2 Å². The van der Waals surface area contributed by atoms with Gasteiger partial charge in [0, 0.05) is 22.0 Å². The second kappa shape index (κ2) is 13.8. The number of hydrogen-bond donors (Lipinski definition) is 2. The molecule has 0 saturated heterocycles. The normalized spacial score (nSPS) is 34.9. The van der Waals surface area contributed by atoms with Gasteiger partial charge in [-0.15, -0.1) is 5.10 Å². The maximum atomic E-state index is 14.8. The Morgan fingerprint density at radius 3 is 2.45 bits per heavy atom. The van der Waals surface area contributed by atoms with E-state index in [1.807, 2.05) is 42.6 Å². The number of fused-ring (bicyclic) bond motifs is 10. The summed E-state index contributed by atoms with van der Waals surface area (Å²) in [4.78, 5) is 31.4. The molecule has 8 heteroatoms. The molecule has 306 valence electrons. The lowest BCUT2D eigenvalue weighted by molar-refractivity contribution is -0.224. The lowest BCUT2D eigenvalue weighted by Crippen LogP contribution is -2.67. The molecule has 0 aliphatic heterocycles. The van der Waals surface area contributed by atoms with Gasteiger partial charge >= 0.3 is 5.97 Å². The fourth-order valence-corrected chi connectivity index (χ4v) is 14.9. The first kappa shape index (κ1) is 39.0. The van der Waals surface area contributed by atoms with Gasteiger partial charge < -0.3 is 15.0 Å². The van der Waals surface area contributed by atoms with Gasteiger partial charge in [-0.2, -0.15) is 0 Å². The number of para-hydroxylation sites is 1. The van der Waals surface area contributed by atoms with Gasteiger partial charge in [0.2, 0.25) is 5.91 Å². The third-order valence-electron chi connectivity index (χ3n) is 17.6. The molecular formula is C50H63N5O3. The van der Waals surface area contributed by atoms with E-state index in [1.165, 1.54) is 55.0 Å². The molecule has 4 fully saturated rings. The molecule has 2 heterocycles. The molecule has 9 rings (SSSR count). The zero-order valence-corrected chi connectivity index (χ0v) is 35.8. The fraction of sp³-hybridized carbons (Fsp3) is 0.560. The number of nitrogens with one attached hydrogen (secondary N) is 2. The van der Waals surface area contributed by atoms with E-state index < -0.39 is 11.4 Å². The first-order valence-corrected chi connectivity index (χ1v) is 21.9. The van der Waals surface area contributed by atoms with Gasteiger partial charge in [0.25, 0.3) is 0 Å². The molecule has 1 amide bonds. The highest BCUT2D eigenvalue weighted by molar-refractivity contribution is 5.93. The van der Waals surface area contributed by atoms with E-state index in [0.717, 1.165) is 37.7 Å². The summed E-state index contributed by atoms with van der Waals surface area (Å²) in [6, 6.07) is 18.7. The molecule has 8 nitrogen and oxygen atoms in total. The number of aromatic nitrogens is 4. The van der Waals surface area contributed by atoms with E-state index in [1.54, 1.807) is 10.2 Å². The average Bonchev–Trinajstić information content (AvgIpc) is 3.93. The molecule has 5 aliphatic carbocycles. The number of amides is 1. The molecule has 0 unspecified atom stereocenters. The van der Waals surface area contributed by atoms with Gasteiger partial charge in [-0.05, 0) is 134 Å². The molecule has 0 bridgehead atoms. The van der Waals surface area contributed by atoms with Gasteiger partial charge in [0.15, 0.2) is 0 Å². The van der Waals surface area contributed by atoms with E-state index in [2.05, 4.69) is 93.0 Å². The van der Waals surface area contributed by atoms with Crippen molar-refractivity contribution >= 4 is 28.9 Å². The number of H-pyrrole nitrogens is 1. The third-order valence-corrected chi connectivity index (χ3v) is 17.6. The highest BCUT2D eigenvalue weighted by Gasteiger charge is 2.72. The Hall–Kier alpha value is -4.46. The van der Waals surface area contributed by atoms with Crippen molar-refractivity contribution in [2.75, 3.05) is 7.11 Å². The standard InChI is InChI=1S/C50H63N5O3/c1-31(2)35-20-23-50(45(57)51-28-34-30-55(54-53-34)29-33(44(56)58-8)26-32-14-10-9-11-15-32)25-24-48(6)38(42(35)50)18-19-41-47(5)27-37-36-16-12-13-17-39(36)52-43(37)46(3,4)40(47)21-22-49(41,48)7/h9-17,26,30,35,38,40-42,52H,1,18-25,27-29H2,2-8H3,(H,51,57)/b33-26+/t35-,38+,40-,41+,42+,47-,48+,49+,50-/m0/s1. The van der Waals surface area contributed by atoms with Crippen molar-refractivity contribution in [3.05, 3.63) is 101 Å². The fourth-order valence-electron chi connectivity index (χ4n) is 14.9. The van der Waals surface area contributed by atoms with E-state index in [9.17, 15) is 9.59 Å². The van der Waals surface area contributed by atoms with Crippen LogP contribution in [0.5, 0.6) is 0 Å². The Kier molecular flexibility index (Phi) is 9.29. The van der Waals surface area contributed by atoms with Crippen LogP contribution in [0.2, 0.25) is 0 Å². The van der Waals surface area contributed by atoms with Crippen molar-refractivity contribution in [1.29, 1.82) is 0 Å². The second-order valence-corrected chi connectivity index (χ2v) is 20.4. The van der Waals surface area contributed by atoms with E-state index in [0.29, 0.717) is 41.5 Å². The Bertz CT molecular complexity index is 2300. The monoisotopic (exact) mass is 781 g/mol. The Morgan fingerprint density at radius 1 is 0.931 bits per heavy atom. The Labute approximate surface area is 344 Å². The minimum Gasteiger partial charge on any atom is -0.466 e. The number of aromatic amines is 1. The van der Waals surface area contributed by atoms with Crippen molar-refractivity contribution in [1.82, 2.24) is 25.3 Å². The number of carbonyl (C=O) groups is 2. The van der Waals surface area contributed by atoms with Crippen LogP contribution in [0.15, 0.2) is 78.5 Å². The number of methoxy groups -OCH3 is 1. The summed E-state index contributed by atoms with van der Waals surface area (Å²) in [6.07, 6.45) is 13.6. The van der Waals surface area contributed by atoms with Crippen LogP contribution < -0.4 is 5.32 Å². The molecule has 4 saturated carbocycles. The zero-order valence-electron chi connectivity index (χ0n) is 35.8.